The van der Waals surface area contributed by atoms with Crippen molar-refractivity contribution in [3.05, 3.63) is 41.8 Å². The Labute approximate surface area is 173 Å². The summed E-state index contributed by atoms with van der Waals surface area (Å²) in [7, 11) is -2.34. The van der Waals surface area contributed by atoms with Gasteiger partial charge in [0.15, 0.2) is 11.3 Å². The third kappa shape index (κ3) is 4.64. The summed E-state index contributed by atoms with van der Waals surface area (Å²) in [6.07, 6.45) is 4.14. The topological polar surface area (TPSA) is 107 Å². The molecule has 0 bridgehead atoms. The van der Waals surface area contributed by atoms with Crippen molar-refractivity contribution in [2.45, 2.75) is 18.2 Å². The first-order valence-corrected chi connectivity index (χ1v) is 10.9. The molecule has 29 heavy (non-hydrogen) atoms. The molecule has 0 fully saturated rings. The maximum atomic E-state index is 12.7. The van der Waals surface area contributed by atoms with Crippen molar-refractivity contribution in [1.29, 1.82) is 0 Å². The number of benzene rings is 1. The molecule has 0 aliphatic heterocycles. The van der Waals surface area contributed by atoms with Gasteiger partial charge in [-0.1, -0.05) is 6.08 Å². The molecule has 10 heteroatoms. The van der Waals surface area contributed by atoms with Crippen LogP contribution in [-0.2, 0) is 19.6 Å². The van der Waals surface area contributed by atoms with Crippen LogP contribution in [0.4, 0.5) is 0 Å². The zero-order valence-corrected chi connectivity index (χ0v) is 17.5. The van der Waals surface area contributed by atoms with Crippen LogP contribution in [0, 0.1) is 0 Å². The molecule has 1 aromatic heterocycles. The molecule has 156 valence electrons. The molecule has 0 atom stereocenters. The van der Waals surface area contributed by atoms with Crippen molar-refractivity contribution in [3.8, 4) is 5.75 Å². The highest BCUT2D eigenvalue weighted by Gasteiger charge is 2.23. The second-order valence-electron chi connectivity index (χ2n) is 6.12. The minimum Gasteiger partial charge on any atom is -0.493 e. The molecule has 8 nitrogen and oxygen atoms in total. The highest BCUT2D eigenvalue weighted by atomic mass is 35.5. The van der Waals surface area contributed by atoms with Crippen molar-refractivity contribution in [1.82, 2.24) is 10.0 Å². The lowest BCUT2D eigenvalue weighted by Crippen LogP contribution is -2.26. The molecular formula is C19H21ClN2O6S. The van der Waals surface area contributed by atoms with Gasteiger partial charge in [-0.2, -0.15) is 4.72 Å². The van der Waals surface area contributed by atoms with E-state index in [4.69, 9.17) is 25.5 Å². The van der Waals surface area contributed by atoms with Gasteiger partial charge in [0.1, 0.15) is 18.4 Å². The van der Waals surface area contributed by atoms with Crippen molar-refractivity contribution in [2.24, 2.45) is 0 Å². The minimum absolute atomic E-state index is 0.0567. The molecule has 3 rings (SSSR count). The average Bonchev–Trinajstić information content (AvgIpc) is 3.34. The largest absolute Gasteiger partial charge is 0.493 e. The van der Waals surface area contributed by atoms with E-state index < -0.39 is 10.0 Å². The summed E-state index contributed by atoms with van der Waals surface area (Å²) in [5.41, 5.74) is 1.72. The van der Waals surface area contributed by atoms with Gasteiger partial charge in [-0.3, -0.25) is 4.79 Å². The molecule has 0 unspecified atom stereocenters. The van der Waals surface area contributed by atoms with Gasteiger partial charge in [0, 0.05) is 29.7 Å². The van der Waals surface area contributed by atoms with Gasteiger partial charge in [0.05, 0.1) is 12.0 Å². The van der Waals surface area contributed by atoms with Gasteiger partial charge in [0.25, 0.3) is 0 Å². The van der Waals surface area contributed by atoms with Crippen LogP contribution in [0.5, 0.6) is 5.75 Å². The summed E-state index contributed by atoms with van der Waals surface area (Å²) in [4.78, 5) is 11.5. The van der Waals surface area contributed by atoms with Gasteiger partial charge in [-0.05, 0) is 31.2 Å². The Bertz CT molecular complexity index is 1090. The maximum absolute atomic E-state index is 12.7. The highest BCUT2D eigenvalue weighted by Crippen LogP contribution is 2.37. The van der Waals surface area contributed by atoms with Crippen LogP contribution in [-0.4, -0.2) is 40.7 Å². The number of allylic oxidation sites excluding steroid dienone is 3. The third-order valence-electron chi connectivity index (χ3n) is 4.25. The SMILES string of the molecule is CCOCNS(=O)(=O)c1ccc(OC)c2oc(C3=CCC(NC(=O)CCl)=C3)cc12. The summed E-state index contributed by atoms with van der Waals surface area (Å²) in [6, 6.07) is 4.64. The van der Waals surface area contributed by atoms with Gasteiger partial charge < -0.3 is 19.2 Å². The smallest absolute Gasteiger partial charge is 0.243 e. The van der Waals surface area contributed by atoms with Crippen molar-refractivity contribution < 1.29 is 27.1 Å². The molecule has 0 radical (unpaired) electrons. The highest BCUT2D eigenvalue weighted by molar-refractivity contribution is 7.89. The standard InChI is InChI=1S/C19H21ClN2O6S/c1-3-27-11-21-29(24,25)17-7-6-15(26-2)19-14(17)9-16(28-19)12-4-5-13(8-12)22-18(23)10-20/h4,6-9,21H,3,5,10-11H2,1-2H3,(H,22,23). The molecule has 0 saturated heterocycles. The number of hydrogen-bond donors (Lipinski definition) is 2. The number of carbonyl (C=O) groups excluding carboxylic acids is 1. The lowest BCUT2D eigenvalue weighted by molar-refractivity contribution is -0.118. The van der Waals surface area contributed by atoms with E-state index in [1.807, 2.05) is 6.08 Å². The number of amides is 1. The van der Waals surface area contributed by atoms with Crippen LogP contribution in [0.25, 0.3) is 16.5 Å². The second-order valence-corrected chi connectivity index (χ2v) is 8.12. The fourth-order valence-corrected chi connectivity index (χ4v) is 4.06. The Morgan fingerprint density at radius 2 is 2.14 bits per heavy atom. The molecule has 1 aliphatic rings. The summed E-state index contributed by atoms with van der Waals surface area (Å²) in [5, 5.41) is 3.09. The third-order valence-corrected chi connectivity index (χ3v) is 5.93. The Morgan fingerprint density at radius 1 is 1.34 bits per heavy atom. The van der Waals surface area contributed by atoms with E-state index in [2.05, 4.69) is 10.0 Å². The minimum atomic E-state index is -3.82. The Morgan fingerprint density at radius 3 is 2.83 bits per heavy atom. The first kappa shape index (κ1) is 21.4. The number of sulfonamides is 1. The van der Waals surface area contributed by atoms with Crippen LogP contribution in [0.2, 0.25) is 0 Å². The molecule has 1 heterocycles. The molecule has 0 saturated carbocycles. The van der Waals surface area contributed by atoms with Gasteiger partial charge in [-0.15, -0.1) is 11.6 Å². The number of hydrogen-bond acceptors (Lipinski definition) is 6. The quantitative estimate of drug-likeness (QED) is 0.352. The van der Waals surface area contributed by atoms with E-state index in [0.29, 0.717) is 41.2 Å². The molecule has 1 aliphatic carbocycles. The molecule has 2 N–H and O–H groups in total. The molecule has 1 amide bonds. The number of fused-ring (bicyclic) bond motifs is 1. The number of methoxy groups -OCH3 is 1. The van der Waals surface area contributed by atoms with E-state index in [0.717, 1.165) is 5.57 Å². The lowest BCUT2D eigenvalue weighted by Gasteiger charge is -2.08. The number of nitrogens with one attached hydrogen (secondary N) is 2. The van der Waals surface area contributed by atoms with Crippen LogP contribution in [0.15, 0.2) is 45.4 Å². The van der Waals surface area contributed by atoms with Crippen molar-refractivity contribution in [2.75, 3.05) is 26.3 Å². The van der Waals surface area contributed by atoms with E-state index in [9.17, 15) is 13.2 Å². The van der Waals surface area contributed by atoms with E-state index in [-0.39, 0.29) is 23.4 Å². The fourth-order valence-electron chi connectivity index (χ4n) is 2.91. The average molecular weight is 441 g/mol. The maximum Gasteiger partial charge on any atom is 0.243 e. The molecule has 1 aromatic carbocycles. The van der Waals surface area contributed by atoms with E-state index in [1.165, 1.54) is 19.2 Å². The van der Waals surface area contributed by atoms with Crippen molar-refractivity contribution in [3.63, 3.8) is 0 Å². The van der Waals surface area contributed by atoms with Crippen LogP contribution >= 0.6 is 11.6 Å². The van der Waals surface area contributed by atoms with Crippen LogP contribution in [0.1, 0.15) is 19.1 Å². The van der Waals surface area contributed by atoms with E-state index in [1.54, 1.807) is 19.1 Å². The summed E-state index contributed by atoms with van der Waals surface area (Å²) in [5.74, 6) is 0.437. The molecule has 2 aromatic rings. The lowest BCUT2D eigenvalue weighted by atomic mass is 10.2. The van der Waals surface area contributed by atoms with Crippen LogP contribution in [0.3, 0.4) is 0 Å². The zero-order valence-electron chi connectivity index (χ0n) is 16.0. The van der Waals surface area contributed by atoms with Gasteiger partial charge >= 0.3 is 0 Å². The van der Waals surface area contributed by atoms with Crippen molar-refractivity contribution >= 4 is 44.1 Å². The predicted octanol–water partition coefficient (Wildman–Crippen LogP) is 2.74. The first-order chi connectivity index (χ1) is 13.9. The van der Waals surface area contributed by atoms with Gasteiger partial charge in [0.2, 0.25) is 15.9 Å². The zero-order chi connectivity index (χ0) is 21.0. The molecule has 0 spiro atoms. The number of halogens is 1. The predicted molar refractivity (Wildman–Crippen MR) is 109 cm³/mol. The Hall–Kier alpha value is -2.33. The Balaban J connectivity index is 1.99. The van der Waals surface area contributed by atoms with Crippen LogP contribution < -0.4 is 14.8 Å². The number of alkyl halides is 1. The second kappa shape index (κ2) is 9.00. The number of carbonyl (C=O) groups is 1. The number of ether oxygens (including phenoxy) is 2. The first-order valence-electron chi connectivity index (χ1n) is 8.84. The van der Waals surface area contributed by atoms with E-state index >= 15 is 0 Å². The monoisotopic (exact) mass is 440 g/mol. The molecular weight excluding hydrogens is 420 g/mol. The summed E-state index contributed by atoms with van der Waals surface area (Å²) < 4.78 is 44.1. The Kier molecular flexibility index (Phi) is 6.63. The normalized spacial score (nSPS) is 14.0. The summed E-state index contributed by atoms with van der Waals surface area (Å²) in [6.45, 7) is 2.03. The fraction of sp³-hybridized carbons (Fsp3) is 0.316. The van der Waals surface area contributed by atoms with Gasteiger partial charge in [-0.25, -0.2) is 8.42 Å². The number of furan rings is 1. The summed E-state index contributed by atoms with van der Waals surface area (Å²) >= 11 is 5.52. The number of rotatable bonds is 9.